The third-order valence-electron chi connectivity index (χ3n) is 1.59. The zero-order chi connectivity index (χ0) is 11.8. The number of halogens is 3. The largest absolute Gasteiger partial charge is 0.255 e. The zero-order valence-electron chi connectivity index (χ0n) is 8.09. The van der Waals surface area contributed by atoms with Crippen molar-refractivity contribution in [2.75, 3.05) is 0 Å². The second-order valence-electron chi connectivity index (χ2n) is 2.62. The van der Waals surface area contributed by atoms with Crippen LogP contribution in [-0.4, -0.2) is 9.97 Å². The van der Waals surface area contributed by atoms with Gasteiger partial charge >= 0.3 is 64.9 Å². The molecule has 2 aromatic rings. The minimum absolute atomic E-state index is 0.278. The molecule has 0 atom stereocenters. The molecule has 0 amide bonds. The SMILES string of the molecule is [I][V]([I])[I].c1ccc(-c2ccccn2)nc1. The van der Waals surface area contributed by atoms with E-state index in [0.29, 0.717) is 0 Å². The molecule has 0 unspecified atom stereocenters. The van der Waals surface area contributed by atoms with Gasteiger partial charge in [0.25, 0.3) is 0 Å². The monoisotopic (exact) mass is 588 g/mol. The van der Waals surface area contributed by atoms with E-state index in [-0.39, 0.29) is 4.92 Å². The second-order valence-corrected chi connectivity index (χ2v) is 38.0. The minimum atomic E-state index is -0.278. The molecule has 84 valence electrons. The first-order chi connectivity index (χ1) is 7.70. The maximum Gasteiger partial charge on any atom is 0.0886 e. The van der Waals surface area contributed by atoms with Crippen molar-refractivity contribution in [3.05, 3.63) is 48.8 Å². The van der Waals surface area contributed by atoms with E-state index in [9.17, 15) is 0 Å². The van der Waals surface area contributed by atoms with Crippen LogP contribution in [0.5, 0.6) is 0 Å². The fourth-order valence-corrected chi connectivity index (χ4v) is 1.03. The van der Waals surface area contributed by atoms with Gasteiger partial charge in [0, 0.05) is 12.4 Å². The third kappa shape index (κ3) is 6.72. The number of hydrogen-bond acceptors (Lipinski definition) is 2. The van der Waals surface area contributed by atoms with Gasteiger partial charge in [-0.1, -0.05) is 12.1 Å². The quantitative estimate of drug-likeness (QED) is 0.448. The number of hydrogen-bond donors (Lipinski definition) is 0. The predicted molar refractivity (Wildman–Crippen MR) is 89.5 cm³/mol. The van der Waals surface area contributed by atoms with Crippen molar-refractivity contribution in [2.45, 2.75) is 0 Å². The van der Waals surface area contributed by atoms with Crippen LogP contribution in [0.2, 0.25) is 0 Å². The zero-order valence-corrected chi connectivity index (χ0v) is 16.0. The smallest absolute Gasteiger partial charge is 0.0886 e. The molecule has 0 aliphatic carbocycles. The van der Waals surface area contributed by atoms with Crippen LogP contribution in [0.3, 0.4) is 0 Å². The van der Waals surface area contributed by atoms with Gasteiger partial charge in [-0.05, 0) is 24.3 Å². The standard InChI is InChI=1S/C10H8N2.3HI.V/c1-3-7-11-9(5-1)10-6-2-4-8-12-10;;;;/h1-8H;3*1H;/q;;;;+3/p-3. The fourth-order valence-electron chi connectivity index (χ4n) is 1.03. The summed E-state index contributed by atoms with van der Waals surface area (Å²) in [7, 11) is 0. The van der Waals surface area contributed by atoms with Gasteiger partial charge in [-0.2, -0.15) is 0 Å². The first-order valence-electron chi connectivity index (χ1n) is 4.30. The molecule has 2 aromatic heterocycles. The summed E-state index contributed by atoms with van der Waals surface area (Å²) in [5.74, 6) is 0. The molecule has 0 saturated heterocycles. The van der Waals surface area contributed by atoms with Crippen molar-refractivity contribution >= 4 is 59.9 Å². The van der Waals surface area contributed by atoms with E-state index in [1.54, 1.807) is 12.4 Å². The van der Waals surface area contributed by atoms with Gasteiger partial charge in [0.2, 0.25) is 0 Å². The molecule has 0 N–H and O–H groups in total. The normalized spacial score (nSPS) is 9.50. The number of pyridine rings is 2. The summed E-state index contributed by atoms with van der Waals surface area (Å²) in [5.41, 5.74) is 1.83. The molecule has 6 heteroatoms. The fraction of sp³-hybridized carbons (Fsp3) is 0. The molecule has 0 spiro atoms. The summed E-state index contributed by atoms with van der Waals surface area (Å²) in [4.78, 5) is 8.10. The van der Waals surface area contributed by atoms with Crippen LogP contribution in [0.4, 0.5) is 0 Å². The molecule has 0 saturated carbocycles. The molecule has 2 nitrogen and oxygen atoms in total. The van der Waals surface area contributed by atoms with Crippen LogP contribution in [0, 0.1) is 0 Å². The Balaban J connectivity index is 0.000000280. The van der Waals surface area contributed by atoms with E-state index >= 15 is 0 Å². The van der Waals surface area contributed by atoms with Gasteiger partial charge in [-0.15, -0.1) is 0 Å². The molecule has 0 fully saturated rings. The van der Waals surface area contributed by atoms with Crippen molar-refractivity contribution in [1.29, 1.82) is 0 Å². The van der Waals surface area contributed by atoms with Crippen LogP contribution in [0.15, 0.2) is 48.8 Å². The maximum absolute atomic E-state index is 4.19. The van der Waals surface area contributed by atoms with E-state index in [2.05, 4.69) is 69.9 Å². The molecular formula is C10H8I3N2V. The number of rotatable bonds is 1. The van der Waals surface area contributed by atoms with Gasteiger partial charge < -0.3 is 0 Å². The molecule has 2 heterocycles. The van der Waals surface area contributed by atoms with Crippen molar-refractivity contribution < 1.29 is 4.92 Å². The van der Waals surface area contributed by atoms with Gasteiger partial charge in [0.1, 0.15) is 0 Å². The molecule has 0 aliphatic rings. The Morgan fingerprint density at radius 2 is 1.12 bits per heavy atom. The van der Waals surface area contributed by atoms with Crippen molar-refractivity contribution in [3.63, 3.8) is 0 Å². The van der Waals surface area contributed by atoms with Crippen molar-refractivity contribution in [2.24, 2.45) is 0 Å². The summed E-state index contributed by atoms with van der Waals surface area (Å²) in [6.07, 6.45) is 3.54. The Kier molecular flexibility index (Phi) is 8.57. The van der Waals surface area contributed by atoms with Crippen molar-refractivity contribution in [1.82, 2.24) is 9.97 Å². The predicted octanol–water partition coefficient (Wildman–Crippen LogP) is 4.80. The van der Waals surface area contributed by atoms with Crippen LogP contribution in [0.25, 0.3) is 11.4 Å². The van der Waals surface area contributed by atoms with Crippen LogP contribution >= 0.6 is 59.9 Å². The van der Waals surface area contributed by atoms with E-state index in [1.165, 1.54) is 0 Å². The molecule has 16 heavy (non-hydrogen) atoms. The van der Waals surface area contributed by atoms with E-state index in [4.69, 9.17) is 0 Å². The Morgan fingerprint density at radius 1 is 0.750 bits per heavy atom. The number of aromatic nitrogens is 2. The summed E-state index contributed by atoms with van der Waals surface area (Å²) < 4.78 is 0. The van der Waals surface area contributed by atoms with Gasteiger partial charge in [0.15, 0.2) is 0 Å². The Bertz CT molecular complexity index is 357. The van der Waals surface area contributed by atoms with E-state index in [0.717, 1.165) is 11.4 Å². The summed E-state index contributed by atoms with van der Waals surface area (Å²) in [5, 5.41) is 0. The average Bonchev–Trinajstić information content (AvgIpc) is 2.31. The Morgan fingerprint density at radius 3 is 1.38 bits per heavy atom. The summed E-state index contributed by atoms with van der Waals surface area (Å²) in [6, 6.07) is 11.6. The van der Waals surface area contributed by atoms with Gasteiger partial charge in [0.05, 0.1) is 11.4 Å². The maximum atomic E-state index is 4.19. The molecule has 0 aromatic carbocycles. The average molecular weight is 588 g/mol. The third-order valence-corrected chi connectivity index (χ3v) is 1.59. The Hall–Kier alpha value is 1.07. The van der Waals surface area contributed by atoms with Crippen molar-refractivity contribution in [3.8, 4) is 11.4 Å². The number of nitrogens with zero attached hydrogens (tertiary/aromatic N) is 2. The van der Waals surface area contributed by atoms with Crippen LogP contribution < -0.4 is 0 Å². The van der Waals surface area contributed by atoms with Gasteiger partial charge in [-0.25, -0.2) is 0 Å². The topological polar surface area (TPSA) is 25.8 Å². The first-order valence-corrected chi connectivity index (χ1v) is 17.8. The van der Waals surface area contributed by atoms with Crippen LogP contribution in [-0.2, 0) is 4.92 Å². The van der Waals surface area contributed by atoms with Gasteiger partial charge in [-0.3, -0.25) is 9.97 Å². The minimum Gasteiger partial charge on any atom is -0.255 e. The molecule has 0 radical (unpaired) electrons. The molecular weight excluding hydrogens is 580 g/mol. The van der Waals surface area contributed by atoms with Crippen LogP contribution in [0.1, 0.15) is 0 Å². The van der Waals surface area contributed by atoms with E-state index in [1.807, 2.05) is 36.4 Å². The first kappa shape index (κ1) is 15.1. The Labute approximate surface area is 133 Å². The molecule has 0 bridgehead atoms. The van der Waals surface area contributed by atoms with E-state index < -0.39 is 0 Å². The second kappa shape index (κ2) is 9.06. The molecule has 2 rings (SSSR count). The molecule has 0 aliphatic heterocycles. The summed E-state index contributed by atoms with van der Waals surface area (Å²) >= 11 is 7.39. The summed E-state index contributed by atoms with van der Waals surface area (Å²) in [6.45, 7) is 0.